The summed E-state index contributed by atoms with van der Waals surface area (Å²) in [6.07, 6.45) is 1.10. The number of amides is 1. The van der Waals surface area contributed by atoms with Crippen LogP contribution in [0.5, 0.6) is 0 Å². The highest BCUT2D eigenvalue weighted by Gasteiger charge is 2.24. The molecule has 1 aromatic rings. The summed E-state index contributed by atoms with van der Waals surface area (Å²) in [6.45, 7) is 5.86. The van der Waals surface area contributed by atoms with Crippen molar-refractivity contribution in [3.8, 4) is 0 Å². The molecule has 0 spiro atoms. The molecule has 1 amide bonds. The molecule has 1 aromatic carbocycles. The number of hydrazine groups is 1. The van der Waals surface area contributed by atoms with Gasteiger partial charge in [-0.25, -0.2) is 0 Å². The maximum Gasteiger partial charge on any atom is 0.253 e. The van der Waals surface area contributed by atoms with Crippen LogP contribution in [0, 0.1) is 12.8 Å². The maximum atomic E-state index is 12.2. The zero-order chi connectivity index (χ0) is 12.4. The normalized spacial score (nSPS) is 19.5. The second-order valence-corrected chi connectivity index (χ2v) is 4.82. The van der Waals surface area contributed by atoms with Crippen molar-refractivity contribution in [3.05, 3.63) is 29.3 Å². The van der Waals surface area contributed by atoms with Gasteiger partial charge in [0.15, 0.2) is 0 Å². The van der Waals surface area contributed by atoms with Crippen molar-refractivity contribution >= 4 is 11.6 Å². The Kier molecular flexibility index (Phi) is 3.33. The monoisotopic (exact) mass is 233 g/mol. The first kappa shape index (κ1) is 11.9. The van der Waals surface area contributed by atoms with Crippen LogP contribution < -0.4 is 11.3 Å². The Morgan fingerprint density at radius 2 is 2.29 bits per heavy atom. The van der Waals surface area contributed by atoms with Gasteiger partial charge in [-0.3, -0.25) is 10.6 Å². The first-order valence-corrected chi connectivity index (χ1v) is 5.98. The van der Waals surface area contributed by atoms with E-state index in [4.69, 9.17) is 5.84 Å². The summed E-state index contributed by atoms with van der Waals surface area (Å²) >= 11 is 0. The van der Waals surface area contributed by atoms with Crippen LogP contribution in [0.25, 0.3) is 0 Å². The molecule has 2 rings (SSSR count). The molecule has 0 bridgehead atoms. The summed E-state index contributed by atoms with van der Waals surface area (Å²) in [5.74, 6) is 6.11. The second kappa shape index (κ2) is 4.75. The van der Waals surface area contributed by atoms with Gasteiger partial charge in [0, 0.05) is 18.7 Å². The number of nitrogens with zero attached hydrogens (tertiary/aromatic N) is 1. The second-order valence-electron chi connectivity index (χ2n) is 4.82. The molecule has 0 saturated carbocycles. The number of likely N-dealkylation sites (tertiary alicyclic amines) is 1. The van der Waals surface area contributed by atoms with E-state index in [1.54, 1.807) is 0 Å². The predicted octanol–water partition coefficient (Wildman–Crippen LogP) is 1.76. The minimum absolute atomic E-state index is 0.126. The highest BCUT2D eigenvalue weighted by molar-refractivity contribution is 5.95. The largest absolute Gasteiger partial charge is 0.338 e. The molecule has 1 aliphatic rings. The van der Waals surface area contributed by atoms with Gasteiger partial charge in [-0.05, 0) is 43.0 Å². The van der Waals surface area contributed by atoms with Crippen LogP contribution in [0.1, 0.15) is 29.3 Å². The molecule has 1 atom stereocenters. The number of rotatable bonds is 2. The van der Waals surface area contributed by atoms with Crippen molar-refractivity contribution in [2.45, 2.75) is 20.3 Å². The third-order valence-corrected chi connectivity index (χ3v) is 3.34. The molecule has 4 heteroatoms. The summed E-state index contributed by atoms with van der Waals surface area (Å²) in [5, 5.41) is 0. The summed E-state index contributed by atoms with van der Waals surface area (Å²) in [7, 11) is 0. The SMILES string of the molecule is Cc1cc(C(=O)N2CCC(C)C2)ccc1NN. The number of hydrogen-bond acceptors (Lipinski definition) is 3. The van der Waals surface area contributed by atoms with Crippen LogP contribution in [0.15, 0.2) is 18.2 Å². The van der Waals surface area contributed by atoms with Crippen LogP contribution in [0.3, 0.4) is 0 Å². The third-order valence-electron chi connectivity index (χ3n) is 3.34. The van der Waals surface area contributed by atoms with Gasteiger partial charge in [0.1, 0.15) is 0 Å². The van der Waals surface area contributed by atoms with Gasteiger partial charge in [-0.15, -0.1) is 0 Å². The average Bonchev–Trinajstić information content (AvgIpc) is 2.75. The van der Waals surface area contributed by atoms with Gasteiger partial charge in [0.25, 0.3) is 5.91 Å². The van der Waals surface area contributed by atoms with Gasteiger partial charge < -0.3 is 10.3 Å². The lowest BCUT2D eigenvalue weighted by molar-refractivity contribution is 0.0788. The van der Waals surface area contributed by atoms with Crippen molar-refractivity contribution in [2.24, 2.45) is 11.8 Å². The van der Waals surface area contributed by atoms with Crippen LogP contribution in [0.4, 0.5) is 5.69 Å². The van der Waals surface area contributed by atoms with E-state index in [2.05, 4.69) is 12.3 Å². The van der Waals surface area contributed by atoms with E-state index in [0.29, 0.717) is 5.92 Å². The van der Waals surface area contributed by atoms with Crippen molar-refractivity contribution in [2.75, 3.05) is 18.5 Å². The lowest BCUT2D eigenvalue weighted by atomic mass is 10.1. The van der Waals surface area contributed by atoms with Crippen molar-refractivity contribution in [3.63, 3.8) is 0 Å². The number of benzene rings is 1. The van der Waals surface area contributed by atoms with Gasteiger partial charge in [0.05, 0.1) is 5.69 Å². The van der Waals surface area contributed by atoms with E-state index >= 15 is 0 Å². The Labute approximate surface area is 102 Å². The zero-order valence-electron chi connectivity index (χ0n) is 10.4. The molecule has 0 aliphatic carbocycles. The van der Waals surface area contributed by atoms with Crippen LogP contribution in [0.2, 0.25) is 0 Å². The first-order chi connectivity index (χ1) is 8.11. The number of nitrogen functional groups attached to an aromatic ring is 1. The summed E-state index contributed by atoms with van der Waals surface area (Å²) in [6, 6.07) is 5.57. The number of anilines is 1. The zero-order valence-corrected chi connectivity index (χ0v) is 10.4. The predicted molar refractivity (Wildman–Crippen MR) is 68.7 cm³/mol. The number of aryl methyl sites for hydroxylation is 1. The molecule has 4 nitrogen and oxygen atoms in total. The van der Waals surface area contributed by atoms with Gasteiger partial charge in [-0.1, -0.05) is 6.92 Å². The molecule has 3 N–H and O–H groups in total. The van der Waals surface area contributed by atoms with E-state index in [1.807, 2.05) is 30.0 Å². The Morgan fingerprint density at radius 1 is 1.53 bits per heavy atom. The molecule has 17 heavy (non-hydrogen) atoms. The molecule has 1 saturated heterocycles. The number of carbonyl (C=O) groups is 1. The third kappa shape index (κ3) is 2.42. The van der Waals surface area contributed by atoms with Crippen molar-refractivity contribution < 1.29 is 4.79 Å². The Bertz CT molecular complexity index is 431. The van der Waals surface area contributed by atoms with Gasteiger partial charge >= 0.3 is 0 Å². The summed E-state index contributed by atoms with van der Waals surface area (Å²) < 4.78 is 0. The summed E-state index contributed by atoms with van der Waals surface area (Å²) in [4.78, 5) is 14.1. The fraction of sp³-hybridized carbons (Fsp3) is 0.462. The molecule has 0 aromatic heterocycles. The topological polar surface area (TPSA) is 58.4 Å². The average molecular weight is 233 g/mol. The molecule has 92 valence electrons. The molecule has 1 aliphatic heterocycles. The Hall–Kier alpha value is -1.55. The van der Waals surface area contributed by atoms with Gasteiger partial charge in [0.2, 0.25) is 0 Å². The van der Waals surface area contributed by atoms with Gasteiger partial charge in [-0.2, -0.15) is 0 Å². The van der Waals surface area contributed by atoms with Crippen LogP contribution in [-0.2, 0) is 0 Å². The van der Waals surface area contributed by atoms with E-state index in [-0.39, 0.29) is 5.91 Å². The Morgan fingerprint density at radius 3 is 2.82 bits per heavy atom. The first-order valence-electron chi connectivity index (χ1n) is 5.98. The molecular weight excluding hydrogens is 214 g/mol. The Balaban J connectivity index is 2.17. The highest BCUT2D eigenvalue weighted by Crippen LogP contribution is 2.20. The van der Waals surface area contributed by atoms with E-state index in [9.17, 15) is 4.79 Å². The smallest absolute Gasteiger partial charge is 0.253 e. The summed E-state index contributed by atoms with van der Waals surface area (Å²) in [5.41, 5.74) is 5.21. The van der Waals surface area contributed by atoms with E-state index in [0.717, 1.165) is 36.3 Å². The number of hydrogen-bond donors (Lipinski definition) is 2. The van der Waals surface area contributed by atoms with Crippen LogP contribution >= 0.6 is 0 Å². The van der Waals surface area contributed by atoms with E-state index < -0.39 is 0 Å². The molecule has 1 heterocycles. The van der Waals surface area contributed by atoms with Crippen molar-refractivity contribution in [1.29, 1.82) is 0 Å². The fourth-order valence-corrected chi connectivity index (χ4v) is 2.26. The number of carbonyl (C=O) groups excluding carboxylic acids is 1. The number of nitrogens with two attached hydrogens (primary N) is 1. The standard InChI is InChI=1S/C13H19N3O/c1-9-5-6-16(8-9)13(17)11-3-4-12(15-14)10(2)7-11/h3-4,7,9,15H,5-6,8,14H2,1-2H3. The van der Waals surface area contributed by atoms with E-state index in [1.165, 1.54) is 0 Å². The fourth-order valence-electron chi connectivity index (χ4n) is 2.26. The molecular formula is C13H19N3O. The maximum absolute atomic E-state index is 12.2. The minimum Gasteiger partial charge on any atom is -0.338 e. The molecule has 1 fully saturated rings. The quantitative estimate of drug-likeness (QED) is 0.604. The van der Waals surface area contributed by atoms with Crippen LogP contribution in [-0.4, -0.2) is 23.9 Å². The lowest BCUT2D eigenvalue weighted by Gasteiger charge is -2.16. The number of nitrogens with one attached hydrogen (secondary N) is 1. The van der Waals surface area contributed by atoms with Crippen molar-refractivity contribution in [1.82, 2.24) is 4.90 Å². The highest BCUT2D eigenvalue weighted by atomic mass is 16.2. The molecule has 0 radical (unpaired) electrons. The lowest BCUT2D eigenvalue weighted by Crippen LogP contribution is -2.28. The molecule has 1 unspecified atom stereocenters. The minimum atomic E-state index is 0.126.